The van der Waals surface area contributed by atoms with E-state index in [4.69, 9.17) is 19.0 Å². The molecule has 0 aliphatic carbocycles. The van der Waals surface area contributed by atoms with Crippen molar-refractivity contribution < 1.29 is 42.9 Å². The van der Waals surface area contributed by atoms with E-state index in [0.717, 1.165) is 4.90 Å². The van der Waals surface area contributed by atoms with Crippen molar-refractivity contribution in [2.24, 2.45) is 0 Å². The molecule has 1 aliphatic rings. The molecule has 3 amide bonds. The Balaban J connectivity index is 1.84. The first-order chi connectivity index (χ1) is 14.8. The van der Waals surface area contributed by atoms with Gasteiger partial charge < -0.3 is 29.1 Å². The first kappa shape index (κ1) is 21.4. The lowest BCUT2D eigenvalue weighted by Gasteiger charge is -2.12. The number of rotatable bonds is 8. The van der Waals surface area contributed by atoms with Crippen LogP contribution < -0.4 is 14.8 Å². The number of benzene rings is 1. The Labute approximate surface area is 175 Å². The lowest BCUT2D eigenvalue weighted by atomic mass is 10.1. The van der Waals surface area contributed by atoms with E-state index >= 15 is 0 Å². The smallest absolute Gasteiger partial charge is 0.373 e. The molecule has 0 bridgehead atoms. The number of furan rings is 1. The number of carbonyl (C=O) groups is 4. The first-order valence-electron chi connectivity index (χ1n) is 8.87. The number of nitrogens with zero attached hydrogens (tertiary/aromatic N) is 1. The van der Waals surface area contributed by atoms with Crippen LogP contribution in [0.3, 0.4) is 0 Å². The third-order valence-corrected chi connectivity index (χ3v) is 4.19. The third kappa shape index (κ3) is 4.66. The van der Waals surface area contributed by atoms with E-state index in [-0.39, 0.29) is 35.3 Å². The number of nitrogens with one attached hydrogen (secondary N) is 1. The predicted molar refractivity (Wildman–Crippen MR) is 103 cm³/mol. The maximum atomic E-state index is 12.7. The number of amides is 3. The molecule has 1 fully saturated rings. The normalized spacial score (nSPS) is 14.5. The fraction of sp³-hybridized carbons (Fsp3) is 0.200. The Bertz CT molecular complexity index is 1070. The molecule has 2 heterocycles. The van der Waals surface area contributed by atoms with Crippen molar-refractivity contribution in [1.82, 2.24) is 10.2 Å². The van der Waals surface area contributed by atoms with E-state index in [1.807, 2.05) is 0 Å². The molecule has 2 aromatic rings. The third-order valence-electron chi connectivity index (χ3n) is 4.19. The summed E-state index contributed by atoms with van der Waals surface area (Å²) in [7, 11) is 2.59. The molecular formula is C20H18N2O9. The average molecular weight is 430 g/mol. The number of hydrogen-bond donors (Lipinski definition) is 2. The number of esters is 1. The summed E-state index contributed by atoms with van der Waals surface area (Å²) in [6.07, 6.45) is 1.35. The Morgan fingerprint density at radius 3 is 2.65 bits per heavy atom. The topological polar surface area (TPSA) is 145 Å². The number of para-hydroxylation sites is 1. The van der Waals surface area contributed by atoms with Gasteiger partial charge in [0.2, 0.25) is 5.76 Å². The van der Waals surface area contributed by atoms with Crippen LogP contribution in [0.5, 0.6) is 11.5 Å². The first-order valence-corrected chi connectivity index (χ1v) is 8.87. The van der Waals surface area contributed by atoms with Crippen LogP contribution in [0.15, 0.2) is 40.4 Å². The molecule has 1 aromatic heterocycles. The molecule has 2 N–H and O–H groups in total. The summed E-state index contributed by atoms with van der Waals surface area (Å²) in [4.78, 5) is 48.3. The Hall–Kier alpha value is -4.28. The second-order valence-electron chi connectivity index (χ2n) is 6.20. The summed E-state index contributed by atoms with van der Waals surface area (Å²) in [5.74, 6) is -2.01. The number of urea groups is 1. The molecule has 1 aliphatic heterocycles. The molecule has 162 valence electrons. The monoisotopic (exact) mass is 430 g/mol. The van der Waals surface area contributed by atoms with E-state index in [0.29, 0.717) is 5.56 Å². The predicted octanol–water partition coefficient (Wildman–Crippen LogP) is 1.63. The zero-order valence-electron chi connectivity index (χ0n) is 16.5. The van der Waals surface area contributed by atoms with Gasteiger partial charge in [0.25, 0.3) is 5.91 Å². The number of carboxylic acids is 1. The molecular weight excluding hydrogens is 412 g/mol. The van der Waals surface area contributed by atoms with Crippen LogP contribution in [0.2, 0.25) is 0 Å². The second-order valence-corrected chi connectivity index (χ2v) is 6.20. The number of carboxylic acid groups (broad SMARTS) is 1. The van der Waals surface area contributed by atoms with Crippen molar-refractivity contribution in [1.29, 1.82) is 0 Å². The molecule has 0 spiro atoms. The van der Waals surface area contributed by atoms with Crippen molar-refractivity contribution in [2.75, 3.05) is 20.8 Å². The summed E-state index contributed by atoms with van der Waals surface area (Å²) in [6.45, 7) is -0.830. The molecule has 11 heteroatoms. The van der Waals surface area contributed by atoms with Gasteiger partial charge in [-0.1, -0.05) is 12.1 Å². The highest BCUT2D eigenvalue weighted by Gasteiger charge is 2.34. The standard InChI is InChI=1S/C20H18N2O9/c1-28-14-5-3-4-11(17(14)30-10-16(23)24)8-13-18(25)22(20(27)21-13)9-12-6-7-15(31-12)19(26)29-2/h3-8H,9-10H2,1-2H3,(H,21,27)(H,23,24). The summed E-state index contributed by atoms with van der Waals surface area (Å²) in [6, 6.07) is 6.89. The molecule has 3 rings (SSSR count). The van der Waals surface area contributed by atoms with Crippen molar-refractivity contribution in [3.05, 3.63) is 53.1 Å². The van der Waals surface area contributed by atoms with Gasteiger partial charge in [-0.25, -0.2) is 14.4 Å². The number of imide groups is 1. The van der Waals surface area contributed by atoms with Crippen molar-refractivity contribution >= 4 is 30.0 Å². The Kier molecular flexibility index (Phi) is 6.24. The highest BCUT2D eigenvalue weighted by Crippen LogP contribution is 2.33. The fourth-order valence-electron chi connectivity index (χ4n) is 2.80. The molecule has 1 aromatic carbocycles. The van der Waals surface area contributed by atoms with Crippen molar-refractivity contribution in [2.45, 2.75) is 6.54 Å². The van der Waals surface area contributed by atoms with E-state index in [1.165, 1.54) is 32.4 Å². The van der Waals surface area contributed by atoms with Crippen LogP contribution in [0.4, 0.5) is 4.79 Å². The van der Waals surface area contributed by atoms with Gasteiger partial charge in [-0.15, -0.1) is 0 Å². The van der Waals surface area contributed by atoms with Gasteiger partial charge in [-0.3, -0.25) is 9.69 Å². The van der Waals surface area contributed by atoms with Crippen LogP contribution >= 0.6 is 0 Å². The fourth-order valence-corrected chi connectivity index (χ4v) is 2.80. The lowest BCUT2D eigenvalue weighted by molar-refractivity contribution is -0.139. The number of carbonyl (C=O) groups excluding carboxylic acids is 3. The molecule has 0 saturated carbocycles. The maximum absolute atomic E-state index is 12.7. The number of hydrogen-bond acceptors (Lipinski definition) is 8. The SMILES string of the molecule is COC(=O)c1ccc(CN2C(=O)NC(=Cc3cccc(OC)c3OCC(=O)O)C2=O)o1. The summed E-state index contributed by atoms with van der Waals surface area (Å²) in [5.41, 5.74) is 0.273. The van der Waals surface area contributed by atoms with Gasteiger partial charge in [0.1, 0.15) is 11.5 Å². The highest BCUT2D eigenvalue weighted by molar-refractivity contribution is 6.14. The van der Waals surface area contributed by atoms with Crippen LogP contribution in [-0.2, 0) is 20.9 Å². The average Bonchev–Trinajstić information content (AvgIpc) is 3.32. The minimum Gasteiger partial charge on any atom is -0.493 e. The molecule has 0 unspecified atom stereocenters. The highest BCUT2D eigenvalue weighted by atomic mass is 16.5. The second kappa shape index (κ2) is 9.03. The van der Waals surface area contributed by atoms with Gasteiger partial charge in [0.05, 0.1) is 20.8 Å². The summed E-state index contributed by atoms with van der Waals surface area (Å²) in [5, 5.41) is 11.3. The van der Waals surface area contributed by atoms with Gasteiger partial charge >= 0.3 is 18.0 Å². The largest absolute Gasteiger partial charge is 0.493 e. The van der Waals surface area contributed by atoms with E-state index < -0.39 is 30.5 Å². The molecule has 0 atom stereocenters. The van der Waals surface area contributed by atoms with E-state index in [2.05, 4.69) is 10.1 Å². The zero-order chi connectivity index (χ0) is 22.5. The van der Waals surface area contributed by atoms with Crippen molar-refractivity contribution in [3.63, 3.8) is 0 Å². The minimum absolute atomic E-state index is 0.0572. The lowest BCUT2D eigenvalue weighted by Crippen LogP contribution is -2.30. The van der Waals surface area contributed by atoms with Gasteiger partial charge in [-0.05, 0) is 24.3 Å². The van der Waals surface area contributed by atoms with Gasteiger partial charge in [-0.2, -0.15) is 0 Å². The maximum Gasteiger partial charge on any atom is 0.373 e. The van der Waals surface area contributed by atoms with Crippen LogP contribution in [0, 0.1) is 0 Å². The zero-order valence-corrected chi connectivity index (χ0v) is 16.5. The van der Waals surface area contributed by atoms with Crippen LogP contribution in [0.25, 0.3) is 6.08 Å². The van der Waals surface area contributed by atoms with Gasteiger partial charge in [0.15, 0.2) is 18.1 Å². The Morgan fingerprint density at radius 2 is 1.97 bits per heavy atom. The van der Waals surface area contributed by atoms with Crippen LogP contribution in [-0.4, -0.2) is 54.7 Å². The van der Waals surface area contributed by atoms with Crippen molar-refractivity contribution in [3.8, 4) is 11.5 Å². The van der Waals surface area contributed by atoms with Gasteiger partial charge in [0, 0.05) is 5.56 Å². The summed E-state index contributed by atoms with van der Waals surface area (Å²) < 4.78 is 20.3. The molecule has 11 nitrogen and oxygen atoms in total. The molecule has 1 saturated heterocycles. The van der Waals surface area contributed by atoms with Crippen LogP contribution in [0.1, 0.15) is 21.9 Å². The number of aliphatic carboxylic acids is 1. The van der Waals surface area contributed by atoms with E-state index in [9.17, 15) is 19.2 Å². The number of ether oxygens (including phenoxy) is 3. The number of methoxy groups -OCH3 is 2. The Morgan fingerprint density at radius 1 is 1.19 bits per heavy atom. The minimum atomic E-state index is -1.19. The molecule has 0 radical (unpaired) electrons. The molecule has 31 heavy (non-hydrogen) atoms. The quantitative estimate of drug-likeness (QED) is 0.363. The van der Waals surface area contributed by atoms with E-state index in [1.54, 1.807) is 18.2 Å². The summed E-state index contributed by atoms with van der Waals surface area (Å²) >= 11 is 0.